The summed E-state index contributed by atoms with van der Waals surface area (Å²) in [5, 5.41) is 1.77. The first-order valence-electron chi connectivity index (χ1n) is 5.90. The molecule has 1 heterocycles. The molecule has 1 unspecified atom stereocenters. The van der Waals surface area contributed by atoms with Gasteiger partial charge in [-0.05, 0) is 6.07 Å². The molecule has 1 amide bonds. The molecule has 0 saturated heterocycles. The van der Waals surface area contributed by atoms with E-state index in [9.17, 15) is 22.4 Å². The third-order valence-electron chi connectivity index (χ3n) is 2.87. The molecule has 0 bridgehead atoms. The van der Waals surface area contributed by atoms with E-state index in [1.54, 1.807) is 5.32 Å². The second kappa shape index (κ2) is 5.55. The molecule has 112 valence electrons. The molecule has 21 heavy (non-hydrogen) atoms. The molecule has 2 rings (SSSR count). The van der Waals surface area contributed by atoms with Crippen LogP contribution in [0, 0.1) is 5.82 Å². The van der Waals surface area contributed by atoms with Crippen molar-refractivity contribution in [2.24, 2.45) is 7.05 Å². The maximum Gasteiger partial charge on any atom is 0.471 e. The van der Waals surface area contributed by atoms with Crippen LogP contribution in [0.4, 0.5) is 17.6 Å². The maximum absolute atomic E-state index is 13.8. The van der Waals surface area contributed by atoms with E-state index in [1.165, 1.54) is 42.2 Å². The van der Waals surface area contributed by atoms with Crippen molar-refractivity contribution in [1.82, 2.24) is 14.9 Å². The van der Waals surface area contributed by atoms with Gasteiger partial charge in [-0.15, -0.1) is 0 Å². The molecular weight excluding hydrogens is 290 g/mol. The van der Waals surface area contributed by atoms with Crippen LogP contribution >= 0.6 is 0 Å². The number of hydrogen-bond donors (Lipinski definition) is 1. The summed E-state index contributed by atoms with van der Waals surface area (Å²) in [6, 6.07) is 3.94. The molecular formula is C13H11F4N3O. The third-order valence-corrected chi connectivity index (χ3v) is 2.87. The highest BCUT2D eigenvalue weighted by molar-refractivity contribution is 5.82. The van der Waals surface area contributed by atoms with Crippen LogP contribution in [-0.2, 0) is 11.8 Å². The molecule has 1 atom stereocenters. The number of nitrogens with one attached hydrogen (secondary N) is 1. The quantitative estimate of drug-likeness (QED) is 0.885. The molecule has 0 saturated carbocycles. The van der Waals surface area contributed by atoms with E-state index in [-0.39, 0.29) is 11.4 Å². The Labute approximate surface area is 117 Å². The van der Waals surface area contributed by atoms with E-state index in [0.717, 1.165) is 6.07 Å². The van der Waals surface area contributed by atoms with E-state index in [1.807, 2.05) is 0 Å². The number of halogens is 4. The molecule has 0 radical (unpaired) electrons. The Morgan fingerprint density at radius 1 is 1.33 bits per heavy atom. The largest absolute Gasteiger partial charge is 0.471 e. The van der Waals surface area contributed by atoms with E-state index in [4.69, 9.17) is 0 Å². The monoisotopic (exact) mass is 301 g/mol. The summed E-state index contributed by atoms with van der Waals surface area (Å²) >= 11 is 0. The predicted octanol–water partition coefficient (Wildman–Crippen LogP) is 2.33. The fourth-order valence-electron chi connectivity index (χ4n) is 1.86. The Hall–Kier alpha value is -2.38. The molecule has 1 aromatic carbocycles. The van der Waals surface area contributed by atoms with Crippen LogP contribution in [-0.4, -0.2) is 21.6 Å². The van der Waals surface area contributed by atoms with Gasteiger partial charge in [-0.1, -0.05) is 18.2 Å². The fourth-order valence-corrected chi connectivity index (χ4v) is 1.86. The number of nitrogens with zero attached hydrogens (tertiary/aromatic N) is 2. The summed E-state index contributed by atoms with van der Waals surface area (Å²) in [7, 11) is 1.54. The first-order valence-corrected chi connectivity index (χ1v) is 5.90. The lowest BCUT2D eigenvalue weighted by Gasteiger charge is -2.20. The standard InChI is InChI=1S/C13H11F4N3O/c1-20-7-6-18-11(20)10(19-12(21)13(15,16)17)8-4-2-3-5-9(8)14/h2-7,10H,1H3,(H,19,21). The van der Waals surface area contributed by atoms with Crippen molar-refractivity contribution >= 4 is 5.91 Å². The average Bonchev–Trinajstić information content (AvgIpc) is 2.82. The van der Waals surface area contributed by atoms with Gasteiger partial charge in [0.25, 0.3) is 0 Å². The Kier molecular flexibility index (Phi) is 3.97. The topological polar surface area (TPSA) is 46.9 Å². The second-order valence-corrected chi connectivity index (χ2v) is 4.32. The van der Waals surface area contributed by atoms with Crippen LogP contribution in [0.15, 0.2) is 36.7 Å². The highest BCUT2D eigenvalue weighted by Crippen LogP contribution is 2.25. The number of carbonyl (C=O) groups excluding carboxylic acids is 1. The van der Waals surface area contributed by atoms with E-state index in [0.29, 0.717) is 0 Å². The van der Waals surface area contributed by atoms with Gasteiger partial charge in [0, 0.05) is 25.0 Å². The van der Waals surface area contributed by atoms with Gasteiger partial charge in [0.05, 0.1) is 0 Å². The molecule has 1 aromatic heterocycles. The van der Waals surface area contributed by atoms with Crippen LogP contribution < -0.4 is 5.32 Å². The number of carbonyl (C=O) groups is 1. The third kappa shape index (κ3) is 3.21. The fraction of sp³-hybridized carbons (Fsp3) is 0.231. The highest BCUT2D eigenvalue weighted by atomic mass is 19.4. The van der Waals surface area contributed by atoms with E-state index in [2.05, 4.69) is 4.98 Å². The van der Waals surface area contributed by atoms with Crippen LogP contribution in [0.25, 0.3) is 0 Å². The summed E-state index contributed by atoms with van der Waals surface area (Å²) in [4.78, 5) is 15.1. The SMILES string of the molecule is Cn1ccnc1C(NC(=O)C(F)(F)F)c1ccccc1F. The van der Waals surface area contributed by atoms with Crippen molar-refractivity contribution in [3.05, 3.63) is 53.9 Å². The Balaban J connectivity index is 2.44. The zero-order valence-electron chi connectivity index (χ0n) is 10.9. The molecule has 0 aliphatic rings. The Morgan fingerprint density at radius 3 is 2.52 bits per heavy atom. The van der Waals surface area contributed by atoms with Gasteiger partial charge in [0.2, 0.25) is 0 Å². The van der Waals surface area contributed by atoms with Crippen molar-refractivity contribution < 1.29 is 22.4 Å². The smallest absolute Gasteiger partial charge is 0.336 e. The normalized spacial score (nSPS) is 13.0. The zero-order valence-corrected chi connectivity index (χ0v) is 10.9. The molecule has 4 nitrogen and oxygen atoms in total. The minimum Gasteiger partial charge on any atom is -0.336 e. The summed E-state index contributed by atoms with van der Waals surface area (Å²) in [5.41, 5.74) is -0.0931. The number of imidazole rings is 1. The van der Waals surface area contributed by atoms with Crippen molar-refractivity contribution in [3.63, 3.8) is 0 Å². The van der Waals surface area contributed by atoms with Crippen LogP contribution in [0.1, 0.15) is 17.4 Å². The van der Waals surface area contributed by atoms with Crippen molar-refractivity contribution in [2.45, 2.75) is 12.2 Å². The number of hydrogen-bond acceptors (Lipinski definition) is 2. The second-order valence-electron chi connectivity index (χ2n) is 4.32. The Bertz CT molecular complexity index is 651. The van der Waals surface area contributed by atoms with Gasteiger partial charge >= 0.3 is 12.1 Å². The minimum atomic E-state index is -5.06. The lowest BCUT2D eigenvalue weighted by atomic mass is 10.1. The lowest BCUT2D eigenvalue weighted by molar-refractivity contribution is -0.174. The summed E-state index contributed by atoms with van der Waals surface area (Å²) in [6.07, 6.45) is -2.22. The molecule has 2 aromatic rings. The van der Waals surface area contributed by atoms with Gasteiger partial charge in [0.1, 0.15) is 17.7 Å². The van der Waals surface area contributed by atoms with Gasteiger partial charge in [-0.25, -0.2) is 9.37 Å². The van der Waals surface area contributed by atoms with Crippen molar-refractivity contribution in [1.29, 1.82) is 0 Å². The number of benzene rings is 1. The Morgan fingerprint density at radius 2 is 2.00 bits per heavy atom. The number of aryl methyl sites for hydroxylation is 1. The number of amides is 1. The highest BCUT2D eigenvalue weighted by Gasteiger charge is 2.41. The van der Waals surface area contributed by atoms with Gasteiger partial charge in [-0.3, -0.25) is 4.79 Å². The summed E-state index contributed by atoms with van der Waals surface area (Å²) in [6.45, 7) is 0. The molecule has 1 N–H and O–H groups in total. The maximum atomic E-state index is 13.8. The number of alkyl halides is 3. The lowest BCUT2D eigenvalue weighted by Crippen LogP contribution is -2.40. The summed E-state index contributed by atoms with van der Waals surface area (Å²) in [5.74, 6) is -2.79. The number of rotatable bonds is 3. The predicted molar refractivity (Wildman–Crippen MR) is 65.6 cm³/mol. The van der Waals surface area contributed by atoms with Gasteiger partial charge < -0.3 is 9.88 Å². The van der Waals surface area contributed by atoms with Crippen LogP contribution in [0.5, 0.6) is 0 Å². The minimum absolute atomic E-state index is 0.0931. The molecule has 0 spiro atoms. The number of aromatic nitrogens is 2. The summed E-state index contributed by atoms with van der Waals surface area (Å²) < 4.78 is 52.6. The van der Waals surface area contributed by atoms with Crippen molar-refractivity contribution in [3.8, 4) is 0 Å². The van der Waals surface area contributed by atoms with Crippen molar-refractivity contribution in [2.75, 3.05) is 0 Å². The van der Waals surface area contributed by atoms with E-state index >= 15 is 0 Å². The van der Waals surface area contributed by atoms with E-state index < -0.39 is 23.9 Å². The zero-order chi connectivity index (χ0) is 15.6. The molecule has 0 aliphatic heterocycles. The molecule has 0 aliphatic carbocycles. The first-order chi connectivity index (χ1) is 9.80. The van der Waals surface area contributed by atoms with Crippen LogP contribution in [0.2, 0.25) is 0 Å². The van der Waals surface area contributed by atoms with Crippen LogP contribution in [0.3, 0.4) is 0 Å². The van der Waals surface area contributed by atoms with Gasteiger partial charge in [0.15, 0.2) is 0 Å². The van der Waals surface area contributed by atoms with Gasteiger partial charge in [-0.2, -0.15) is 13.2 Å². The average molecular weight is 301 g/mol. The molecule has 8 heteroatoms. The molecule has 0 fully saturated rings. The first kappa shape index (κ1) is 15.0.